The average molecular weight is 377 g/mol. The molecule has 0 bridgehead atoms. The summed E-state index contributed by atoms with van der Waals surface area (Å²) in [6, 6.07) is 12.5. The molecule has 0 aliphatic rings. The molecule has 2 aromatic carbocycles. The van der Waals surface area contributed by atoms with Crippen LogP contribution in [0.25, 0.3) is 10.2 Å². The number of amides is 1. The van der Waals surface area contributed by atoms with Crippen LogP contribution in [-0.2, 0) is 4.79 Å². The second-order valence-corrected chi connectivity index (χ2v) is 7.76. The van der Waals surface area contributed by atoms with Crippen LogP contribution in [0.2, 0.25) is 5.02 Å². The Hall–Kier alpha value is -1.89. The number of hydrogen-bond donors (Lipinski definition) is 1. The number of fused-ring (bicyclic) bond motifs is 1. The highest BCUT2D eigenvalue weighted by Gasteiger charge is 2.09. The van der Waals surface area contributed by atoms with Crippen molar-refractivity contribution in [2.75, 3.05) is 11.1 Å². The Morgan fingerprint density at radius 1 is 1.25 bits per heavy atom. The van der Waals surface area contributed by atoms with Gasteiger partial charge < -0.3 is 5.32 Å². The molecule has 0 unspecified atom stereocenters. The van der Waals surface area contributed by atoms with Crippen LogP contribution in [0.4, 0.5) is 5.69 Å². The molecule has 1 heterocycles. The van der Waals surface area contributed by atoms with Gasteiger partial charge in [-0.05, 0) is 37.3 Å². The van der Waals surface area contributed by atoms with Crippen LogP contribution in [0.1, 0.15) is 17.3 Å². The summed E-state index contributed by atoms with van der Waals surface area (Å²) in [7, 11) is 0. The van der Waals surface area contributed by atoms with Gasteiger partial charge in [0.05, 0.1) is 16.0 Å². The van der Waals surface area contributed by atoms with E-state index in [-0.39, 0.29) is 17.4 Å². The van der Waals surface area contributed by atoms with E-state index in [1.807, 2.05) is 18.2 Å². The standard InChI is InChI=1S/C17H13ClN2O2S2/c1-10(21)11-3-2-4-13(7-11)19-16(22)9-23-17-20-14-8-12(18)5-6-15(14)24-17/h2-8H,9H2,1H3,(H,19,22). The zero-order chi connectivity index (χ0) is 17.1. The van der Waals surface area contributed by atoms with Gasteiger partial charge in [0, 0.05) is 16.3 Å². The quantitative estimate of drug-likeness (QED) is 0.509. The van der Waals surface area contributed by atoms with Crippen molar-refractivity contribution in [1.29, 1.82) is 0 Å². The van der Waals surface area contributed by atoms with Crippen molar-refractivity contribution in [2.24, 2.45) is 0 Å². The van der Waals surface area contributed by atoms with Crippen molar-refractivity contribution in [1.82, 2.24) is 4.98 Å². The van der Waals surface area contributed by atoms with Crippen LogP contribution in [0.3, 0.4) is 0 Å². The van der Waals surface area contributed by atoms with Gasteiger partial charge in [0.1, 0.15) is 0 Å². The lowest BCUT2D eigenvalue weighted by atomic mass is 10.1. The first-order chi connectivity index (χ1) is 11.5. The number of rotatable bonds is 5. The van der Waals surface area contributed by atoms with Gasteiger partial charge in [-0.3, -0.25) is 9.59 Å². The summed E-state index contributed by atoms with van der Waals surface area (Å²) in [5.74, 6) is 0.0734. The fourth-order valence-electron chi connectivity index (χ4n) is 2.08. The van der Waals surface area contributed by atoms with Crippen LogP contribution in [0.5, 0.6) is 0 Å². The minimum absolute atomic E-state index is 0.0337. The maximum Gasteiger partial charge on any atom is 0.234 e. The van der Waals surface area contributed by atoms with Crippen molar-refractivity contribution in [3.05, 3.63) is 53.1 Å². The normalized spacial score (nSPS) is 10.8. The van der Waals surface area contributed by atoms with Gasteiger partial charge in [-0.15, -0.1) is 11.3 Å². The van der Waals surface area contributed by atoms with Gasteiger partial charge in [-0.25, -0.2) is 4.98 Å². The number of benzene rings is 2. The summed E-state index contributed by atoms with van der Waals surface area (Å²) >= 11 is 8.85. The Morgan fingerprint density at radius 2 is 2.08 bits per heavy atom. The highest BCUT2D eigenvalue weighted by Crippen LogP contribution is 2.31. The molecule has 3 rings (SSSR count). The van der Waals surface area contributed by atoms with E-state index in [4.69, 9.17) is 11.6 Å². The average Bonchev–Trinajstić information content (AvgIpc) is 2.95. The predicted molar refractivity (Wildman–Crippen MR) is 100 cm³/mol. The minimum atomic E-state index is -0.141. The van der Waals surface area contributed by atoms with Crippen molar-refractivity contribution < 1.29 is 9.59 Å². The molecule has 0 saturated carbocycles. The maximum absolute atomic E-state index is 12.1. The number of anilines is 1. The number of halogens is 1. The number of carbonyl (C=O) groups excluding carboxylic acids is 2. The second-order valence-electron chi connectivity index (χ2n) is 5.07. The number of nitrogens with zero attached hydrogens (tertiary/aromatic N) is 1. The molecule has 0 saturated heterocycles. The Labute approximate surface area is 152 Å². The number of nitrogens with one attached hydrogen (secondary N) is 1. The van der Waals surface area contributed by atoms with Gasteiger partial charge in [0.2, 0.25) is 5.91 Å². The third kappa shape index (κ3) is 4.14. The largest absolute Gasteiger partial charge is 0.325 e. The molecule has 0 radical (unpaired) electrons. The molecule has 122 valence electrons. The first-order valence-electron chi connectivity index (χ1n) is 7.11. The van der Waals surface area contributed by atoms with E-state index in [1.165, 1.54) is 30.0 Å². The third-order valence-electron chi connectivity index (χ3n) is 3.21. The molecule has 3 aromatic rings. The Bertz CT molecular complexity index is 924. The molecule has 0 spiro atoms. The number of carbonyl (C=O) groups is 2. The maximum atomic E-state index is 12.1. The molecule has 4 nitrogen and oxygen atoms in total. The number of hydrogen-bond acceptors (Lipinski definition) is 5. The zero-order valence-corrected chi connectivity index (χ0v) is 15.1. The summed E-state index contributed by atoms with van der Waals surface area (Å²) in [6.07, 6.45) is 0. The minimum Gasteiger partial charge on any atom is -0.325 e. The SMILES string of the molecule is CC(=O)c1cccc(NC(=O)CSc2nc3cc(Cl)ccc3s2)c1. The van der Waals surface area contributed by atoms with Crippen LogP contribution in [0.15, 0.2) is 46.8 Å². The summed E-state index contributed by atoms with van der Waals surface area (Å²) in [4.78, 5) is 27.9. The van der Waals surface area contributed by atoms with E-state index in [2.05, 4.69) is 10.3 Å². The van der Waals surface area contributed by atoms with E-state index in [1.54, 1.807) is 24.3 Å². The van der Waals surface area contributed by atoms with E-state index in [0.29, 0.717) is 16.3 Å². The monoisotopic (exact) mass is 376 g/mol. The smallest absolute Gasteiger partial charge is 0.234 e. The molecule has 0 atom stereocenters. The van der Waals surface area contributed by atoms with Crippen LogP contribution < -0.4 is 5.32 Å². The van der Waals surface area contributed by atoms with Crippen molar-refractivity contribution in [3.8, 4) is 0 Å². The molecule has 0 aliphatic heterocycles. The van der Waals surface area contributed by atoms with E-state index in [9.17, 15) is 9.59 Å². The van der Waals surface area contributed by atoms with Crippen molar-refractivity contribution in [2.45, 2.75) is 11.3 Å². The number of thiazole rings is 1. The van der Waals surface area contributed by atoms with E-state index < -0.39 is 0 Å². The fourth-order valence-corrected chi connectivity index (χ4v) is 4.10. The number of aromatic nitrogens is 1. The Balaban J connectivity index is 1.62. The first kappa shape index (κ1) is 17.0. The predicted octanol–water partition coefficient (Wildman–Crippen LogP) is 4.88. The number of ketones is 1. The third-order valence-corrected chi connectivity index (χ3v) is 5.62. The lowest BCUT2D eigenvalue weighted by Crippen LogP contribution is -2.14. The number of thioether (sulfide) groups is 1. The summed E-state index contributed by atoms with van der Waals surface area (Å²) in [5, 5.41) is 3.44. The van der Waals surface area contributed by atoms with Crippen molar-refractivity contribution in [3.63, 3.8) is 0 Å². The topological polar surface area (TPSA) is 59.1 Å². The summed E-state index contributed by atoms with van der Waals surface area (Å²) in [5.41, 5.74) is 2.03. The highest BCUT2D eigenvalue weighted by atomic mass is 35.5. The summed E-state index contributed by atoms with van der Waals surface area (Å²) in [6.45, 7) is 1.50. The van der Waals surface area contributed by atoms with Crippen LogP contribution in [-0.4, -0.2) is 22.4 Å². The molecule has 0 fully saturated rings. The second kappa shape index (κ2) is 7.34. The van der Waals surface area contributed by atoms with Crippen LogP contribution >= 0.6 is 34.7 Å². The molecule has 0 aliphatic carbocycles. The van der Waals surface area contributed by atoms with E-state index in [0.717, 1.165) is 14.6 Å². The first-order valence-corrected chi connectivity index (χ1v) is 9.29. The lowest BCUT2D eigenvalue weighted by Gasteiger charge is -2.05. The van der Waals surface area contributed by atoms with Crippen molar-refractivity contribution >= 4 is 62.3 Å². The zero-order valence-electron chi connectivity index (χ0n) is 12.7. The summed E-state index contributed by atoms with van der Waals surface area (Å²) < 4.78 is 1.86. The van der Waals surface area contributed by atoms with Gasteiger partial charge in [0.15, 0.2) is 10.1 Å². The lowest BCUT2D eigenvalue weighted by molar-refractivity contribution is -0.113. The fraction of sp³-hybridized carbons (Fsp3) is 0.118. The van der Waals surface area contributed by atoms with E-state index >= 15 is 0 Å². The molecule has 1 N–H and O–H groups in total. The number of Topliss-reactive ketones (excluding diaryl/α,β-unsaturated/α-hetero) is 1. The molecule has 24 heavy (non-hydrogen) atoms. The molecule has 7 heteroatoms. The molecular weight excluding hydrogens is 364 g/mol. The Morgan fingerprint density at radius 3 is 2.88 bits per heavy atom. The van der Waals surface area contributed by atoms with Gasteiger partial charge >= 0.3 is 0 Å². The van der Waals surface area contributed by atoms with Gasteiger partial charge in [0.25, 0.3) is 0 Å². The Kier molecular flexibility index (Phi) is 5.18. The van der Waals surface area contributed by atoms with Gasteiger partial charge in [-0.2, -0.15) is 0 Å². The highest BCUT2D eigenvalue weighted by molar-refractivity contribution is 8.01. The molecule has 1 amide bonds. The van der Waals surface area contributed by atoms with Gasteiger partial charge in [-0.1, -0.05) is 35.5 Å². The molecular formula is C17H13ClN2O2S2. The van der Waals surface area contributed by atoms with Crippen LogP contribution in [0, 0.1) is 0 Å². The molecule has 1 aromatic heterocycles.